The number of aliphatic hydroxyl groups excluding tert-OH is 1. The number of anilines is 1. The Balaban J connectivity index is 0.000000956. The van der Waals surface area contributed by atoms with Gasteiger partial charge in [0, 0.05) is 30.4 Å². The summed E-state index contributed by atoms with van der Waals surface area (Å²) in [5.74, 6) is 9.68. The van der Waals surface area contributed by atoms with E-state index in [2.05, 4.69) is 231 Å². The van der Waals surface area contributed by atoms with Crippen LogP contribution in [0.1, 0.15) is 141 Å². The Morgan fingerprint density at radius 3 is 1.01 bits per heavy atom. The van der Waals surface area contributed by atoms with Crippen LogP contribution >= 0.6 is 34.2 Å². The van der Waals surface area contributed by atoms with E-state index in [4.69, 9.17) is 15.3 Å². The molecule has 0 spiro atoms. The second kappa shape index (κ2) is 42.7. The van der Waals surface area contributed by atoms with E-state index in [0.29, 0.717) is 36.2 Å². The quantitative estimate of drug-likeness (QED) is 0.0161. The van der Waals surface area contributed by atoms with Crippen LogP contribution in [0.3, 0.4) is 0 Å². The minimum atomic E-state index is -2.17. The maximum atomic E-state index is 8.14. The molecule has 0 heterocycles. The third-order valence-electron chi connectivity index (χ3n) is 10.5. The molecule has 0 atom stereocenters. The van der Waals surface area contributed by atoms with E-state index < -0.39 is 8.32 Å². The molecule has 75 heavy (non-hydrogen) atoms. The van der Waals surface area contributed by atoms with Crippen molar-refractivity contribution in [1.82, 2.24) is 0 Å². The molecule has 0 fully saturated rings. The molecule has 0 amide bonds. The lowest BCUT2D eigenvalue weighted by molar-refractivity contribution is 0.248. The molecule has 0 aromatic heterocycles. The molecule has 0 aliphatic heterocycles. The Morgan fingerprint density at radius 2 is 0.760 bits per heavy atom. The van der Waals surface area contributed by atoms with Crippen molar-refractivity contribution in [1.29, 1.82) is 0 Å². The van der Waals surface area contributed by atoms with Crippen LogP contribution in [0.4, 0.5) is 17.1 Å². The molecule has 9 heteroatoms. The van der Waals surface area contributed by atoms with Gasteiger partial charge >= 0.3 is 0 Å². The molecule has 5 aromatic rings. The van der Waals surface area contributed by atoms with Crippen LogP contribution in [0.2, 0.25) is 6.04 Å². The summed E-state index contributed by atoms with van der Waals surface area (Å²) in [4.78, 5) is 0. The van der Waals surface area contributed by atoms with Crippen molar-refractivity contribution in [3.8, 4) is 0 Å². The first-order valence-electron chi connectivity index (χ1n) is 28.1. The molecule has 5 aromatic carbocycles. The molecule has 0 aliphatic carbocycles. The fourth-order valence-electron chi connectivity index (χ4n) is 6.88. The monoisotopic (exact) mass is 1100 g/mol. The van der Waals surface area contributed by atoms with Gasteiger partial charge in [-0.2, -0.15) is 22.9 Å². The highest BCUT2D eigenvalue weighted by Crippen LogP contribution is 2.26. The molecule has 0 aliphatic rings. The number of hydrogen-bond donors (Lipinski definition) is 3. The van der Waals surface area contributed by atoms with Gasteiger partial charge in [-0.1, -0.05) is 243 Å². The van der Waals surface area contributed by atoms with E-state index in [9.17, 15) is 0 Å². The van der Waals surface area contributed by atoms with Gasteiger partial charge in [0.25, 0.3) is 8.32 Å². The van der Waals surface area contributed by atoms with Gasteiger partial charge in [-0.05, 0) is 148 Å². The van der Waals surface area contributed by atoms with Crippen molar-refractivity contribution in [3.63, 3.8) is 0 Å². The van der Waals surface area contributed by atoms with E-state index >= 15 is 0 Å². The zero-order valence-electron chi connectivity index (χ0n) is 50.4. The molecule has 0 unspecified atom stereocenters. The summed E-state index contributed by atoms with van der Waals surface area (Å²) >= 11 is 4.02. The van der Waals surface area contributed by atoms with Crippen LogP contribution in [0.5, 0.6) is 0 Å². The van der Waals surface area contributed by atoms with Crippen LogP contribution in [0.25, 0.3) is 0 Å². The average molecular weight is 1100 g/mol. The number of rotatable bonds is 22. The highest BCUT2D eigenvalue weighted by Gasteiger charge is 2.40. The second-order valence-corrected chi connectivity index (χ2v) is 29.9. The smallest absolute Gasteiger partial charge is 0.255 e. The average Bonchev–Trinajstić information content (AvgIpc) is 3.36. The van der Waals surface area contributed by atoms with Crippen molar-refractivity contribution in [3.05, 3.63) is 150 Å². The molecular weight excluding hydrogens is 991 g/mol. The van der Waals surface area contributed by atoms with E-state index in [-0.39, 0.29) is 0 Å². The van der Waals surface area contributed by atoms with Crippen LogP contribution in [-0.4, -0.2) is 43.9 Å². The zero-order chi connectivity index (χ0) is 56.8. The van der Waals surface area contributed by atoms with E-state index in [1.807, 2.05) is 71.8 Å². The molecule has 420 valence electrons. The summed E-state index contributed by atoms with van der Waals surface area (Å²) < 4.78 is 6.71. The number of nitrogens with zero attached hydrogens (tertiary/aromatic N) is 2. The Morgan fingerprint density at radius 1 is 0.440 bits per heavy atom. The lowest BCUT2D eigenvalue weighted by atomic mass is 10.0. The van der Waals surface area contributed by atoms with Crippen molar-refractivity contribution in [2.75, 3.05) is 36.2 Å². The normalized spacial score (nSPS) is 11.3. The Labute approximate surface area is 476 Å². The topological polar surface area (TPSA) is 80.2 Å². The van der Waals surface area contributed by atoms with Crippen LogP contribution in [0, 0.1) is 53.3 Å². The predicted octanol–water partition coefficient (Wildman–Crippen LogP) is 18.9. The highest BCUT2D eigenvalue weighted by atomic mass is 33.1. The van der Waals surface area contributed by atoms with Crippen molar-refractivity contribution in [2.45, 2.75) is 150 Å². The number of aliphatic hydroxyl groups is 1. The number of benzene rings is 5. The summed E-state index contributed by atoms with van der Waals surface area (Å²) in [7, 11) is 1.84. The van der Waals surface area contributed by atoms with Crippen LogP contribution in [-0.2, 0) is 23.7 Å². The Hall–Kier alpha value is -3.31. The SMILES string of the molecule is CC(C)CO.CC(C)CO[Si](CC(C)C)(c1ccccc1)c1ccccc1.CC(C)CS.CC(C)CSSCC(C)C.CC(C)Cc1ccc(N)cc1.CC(C)Cc1ccc(N=Nc2ccc(CC(C)C)cc2)cc1. The third-order valence-corrected chi connectivity index (χ3v) is 18.9. The number of nitrogen functional groups attached to an aromatic ring is 1. The van der Waals surface area contributed by atoms with Gasteiger partial charge < -0.3 is 15.3 Å². The third kappa shape index (κ3) is 38.0. The summed E-state index contributed by atoms with van der Waals surface area (Å²) in [6.07, 6.45) is 3.35. The molecule has 0 saturated carbocycles. The van der Waals surface area contributed by atoms with E-state index in [0.717, 1.165) is 78.4 Å². The molecular formula is C66H107N3O2S3Si. The maximum absolute atomic E-state index is 8.14. The van der Waals surface area contributed by atoms with Gasteiger partial charge in [-0.25, -0.2) is 0 Å². The van der Waals surface area contributed by atoms with Crippen molar-refractivity contribution < 1.29 is 9.53 Å². The Bertz CT molecular complexity index is 1980. The van der Waals surface area contributed by atoms with Crippen molar-refractivity contribution >= 4 is 70.0 Å². The summed E-state index contributed by atoms with van der Waals surface area (Å²) in [6.45, 7) is 40.8. The minimum Gasteiger partial charge on any atom is -0.408 e. The fraction of sp³-hybridized carbons (Fsp3) is 0.545. The first kappa shape index (κ1) is 71.7. The number of azo groups is 1. The molecule has 0 saturated heterocycles. The van der Waals surface area contributed by atoms with Gasteiger partial charge in [0.05, 0.1) is 11.4 Å². The number of nitrogens with two attached hydrogens (primary N) is 1. The molecule has 3 N–H and O–H groups in total. The summed E-state index contributed by atoms with van der Waals surface area (Å²) in [6, 6.07) is 47.7. The van der Waals surface area contributed by atoms with Gasteiger partial charge in [0.15, 0.2) is 0 Å². The fourth-order valence-corrected chi connectivity index (χ4v) is 14.3. The highest BCUT2D eigenvalue weighted by molar-refractivity contribution is 8.76. The summed E-state index contributed by atoms with van der Waals surface area (Å²) in [5.41, 5.74) is 12.3. The minimum absolute atomic E-state index is 0.306. The molecule has 5 nitrogen and oxygen atoms in total. The van der Waals surface area contributed by atoms with Crippen LogP contribution in [0.15, 0.2) is 144 Å². The number of hydrogen-bond acceptors (Lipinski definition) is 8. The van der Waals surface area contributed by atoms with Crippen LogP contribution < -0.4 is 16.1 Å². The van der Waals surface area contributed by atoms with Gasteiger partial charge in [-0.15, -0.1) is 0 Å². The first-order valence-corrected chi connectivity index (χ1v) is 33.3. The predicted molar refractivity (Wildman–Crippen MR) is 347 cm³/mol. The standard InChI is InChI=1S/C20H26N2.C20H28OSi.C10H15N.C8H18S2.C4H10O.C4H10S/c1-15(2)13-17-5-9-19(10-6-17)21-22-20-11-7-18(8-12-20)14-16(3)4;1-17(2)15-21-22(16-18(3)4,19-11-7-5-8-12-19)20-13-9-6-10-14-20;1-8(2)7-9-3-5-10(11)6-4-9;1-7(2)5-9-10-6-8(3)4;2*1-4(2)3-5/h5-12,15-16H,13-14H2,1-4H3;5-14,17-18H,15-16H2,1-4H3;3-6,8H,7,11H2,1-2H3;7-8H,5-6H2,1-4H3;2*4-5H,3H2,1-2H3. The maximum Gasteiger partial charge on any atom is 0.255 e. The second-order valence-electron chi connectivity index (χ2n) is 23.4. The largest absolute Gasteiger partial charge is 0.408 e. The lowest BCUT2D eigenvalue weighted by Gasteiger charge is -2.34. The number of thiol groups is 1. The molecule has 0 radical (unpaired) electrons. The Kier molecular flexibility index (Phi) is 40.8. The zero-order valence-corrected chi connectivity index (χ0v) is 53.9. The first-order chi connectivity index (χ1) is 35.4. The van der Waals surface area contributed by atoms with Gasteiger partial charge in [0.1, 0.15) is 0 Å². The van der Waals surface area contributed by atoms with Gasteiger partial charge in [0.2, 0.25) is 0 Å². The van der Waals surface area contributed by atoms with E-state index in [1.165, 1.54) is 38.6 Å². The molecule has 5 rings (SSSR count). The van der Waals surface area contributed by atoms with Crippen molar-refractivity contribution in [2.24, 2.45) is 63.5 Å². The lowest BCUT2D eigenvalue weighted by Crippen LogP contribution is -2.61. The summed E-state index contributed by atoms with van der Waals surface area (Å²) in [5, 5.41) is 19.5. The molecule has 0 bridgehead atoms. The van der Waals surface area contributed by atoms with Gasteiger partial charge in [-0.3, -0.25) is 0 Å². The van der Waals surface area contributed by atoms with E-state index in [1.54, 1.807) is 0 Å².